The summed E-state index contributed by atoms with van der Waals surface area (Å²) in [5.74, 6) is 0. The van der Waals surface area contributed by atoms with Crippen LogP contribution in [0, 0.1) is 0 Å². The molecule has 210 valence electrons. The van der Waals surface area contributed by atoms with Gasteiger partial charge < -0.3 is 4.42 Å². The first kappa shape index (κ1) is 14.7. The molecule has 9 aromatic rings. The summed E-state index contributed by atoms with van der Waals surface area (Å²) in [5.41, 5.74) is -0.438. The van der Waals surface area contributed by atoms with E-state index in [2.05, 4.69) is 0 Å². The second-order valence-electron chi connectivity index (χ2n) is 10.5. The summed E-state index contributed by atoms with van der Waals surface area (Å²) in [6.45, 7) is 0. The first-order valence-electron chi connectivity index (χ1n) is 21.7. The van der Waals surface area contributed by atoms with E-state index in [1.54, 1.807) is 0 Å². The number of rotatable bonds is 4. The summed E-state index contributed by atoms with van der Waals surface area (Å²) in [5, 5.41) is 2.29. The Balaban J connectivity index is 1.44. The van der Waals surface area contributed by atoms with Gasteiger partial charge in [0, 0.05) is 10.8 Å². The maximum absolute atomic E-state index is 9.86. The van der Waals surface area contributed by atoms with Crippen LogP contribution >= 0.6 is 0 Å². The van der Waals surface area contributed by atoms with Crippen molar-refractivity contribution in [1.82, 2.24) is 0 Å². The molecule has 1 heterocycles. The van der Waals surface area contributed by atoms with Crippen LogP contribution in [-0.2, 0) is 0 Å². The molecule has 0 bridgehead atoms. The van der Waals surface area contributed by atoms with Gasteiger partial charge in [0.25, 0.3) is 0 Å². The van der Waals surface area contributed by atoms with Crippen molar-refractivity contribution in [2.24, 2.45) is 0 Å². The number of benzene rings is 8. The number of fused-ring (bicyclic) bond motifs is 5. The van der Waals surface area contributed by atoms with Crippen molar-refractivity contribution in [3.63, 3.8) is 0 Å². The van der Waals surface area contributed by atoms with Gasteiger partial charge in [0.2, 0.25) is 0 Å². The number of hydrogen-bond acceptors (Lipinski definition) is 1. The van der Waals surface area contributed by atoms with Gasteiger partial charge in [-0.25, -0.2) is 0 Å². The van der Waals surface area contributed by atoms with E-state index >= 15 is 0 Å². The minimum atomic E-state index is -0.732. The molecule has 8 aromatic carbocycles. The van der Waals surface area contributed by atoms with Crippen LogP contribution in [0.5, 0.6) is 0 Å². The topological polar surface area (TPSA) is 13.1 Å². The predicted molar refractivity (Wildman–Crippen MR) is 190 cm³/mol. The van der Waals surface area contributed by atoms with Gasteiger partial charge in [-0.2, -0.15) is 0 Å². The van der Waals surface area contributed by atoms with Crippen LogP contribution in [0.15, 0.2) is 174 Å². The molecule has 0 aliphatic carbocycles. The quantitative estimate of drug-likeness (QED) is 0.187. The Morgan fingerprint density at radius 3 is 1.69 bits per heavy atom. The second-order valence-corrected chi connectivity index (χ2v) is 10.5. The van der Waals surface area contributed by atoms with Crippen molar-refractivity contribution in [3.8, 4) is 44.5 Å². The van der Waals surface area contributed by atoms with Gasteiger partial charge in [0.05, 0.1) is 20.6 Å². The molecule has 0 radical (unpaired) electrons. The summed E-state index contributed by atoms with van der Waals surface area (Å²) < 4.78 is 139. The summed E-state index contributed by atoms with van der Waals surface area (Å²) in [6, 6.07) is 14.9. The minimum absolute atomic E-state index is 0.0447. The smallest absolute Gasteiger partial charge is 0.136 e. The standard InChI is InChI=1S/C44H28O/c1-3-13-29(14-4-1)31-25-26-39-41(28-31)45-40-24-12-23-34(44(39)40)32-17-11-18-33(27-32)43-37-21-9-7-19-35(37)42(30-15-5-2-6-16-30)36-20-8-10-22-38(36)43/h1-28H/i1D,3D,4D,11D,12D,13D,14D,17D,18D,23D,24D,25D,26D,27D,28D. The van der Waals surface area contributed by atoms with Crippen LogP contribution in [0.25, 0.3) is 88.0 Å². The average molecular weight is 588 g/mol. The van der Waals surface area contributed by atoms with E-state index in [-0.39, 0.29) is 27.5 Å². The first-order valence-corrected chi connectivity index (χ1v) is 14.2. The molecule has 45 heavy (non-hydrogen) atoms. The molecule has 0 spiro atoms. The minimum Gasteiger partial charge on any atom is -0.456 e. The first-order chi connectivity index (χ1) is 28.6. The number of hydrogen-bond donors (Lipinski definition) is 0. The molecule has 0 fully saturated rings. The predicted octanol–water partition coefficient (Wildman–Crippen LogP) is 12.6. The number of furan rings is 1. The molecule has 0 unspecified atom stereocenters. The molecule has 0 aliphatic rings. The lowest BCUT2D eigenvalue weighted by atomic mass is 9.85. The van der Waals surface area contributed by atoms with Crippen LogP contribution in [0.2, 0.25) is 0 Å². The average Bonchev–Trinajstić information content (AvgIpc) is 3.66. The molecule has 0 saturated heterocycles. The van der Waals surface area contributed by atoms with Crippen molar-refractivity contribution in [1.29, 1.82) is 0 Å². The van der Waals surface area contributed by atoms with Gasteiger partial charge in [-0.15, -0.1) is 0 Å². The highest BCUT2D eigenvalue weighted by Crippen LogP contribution is 2.45. The largest absolute Gasteiger partial charge is 0.456 e. The summed E-state index contributed by atoms with van der Waals surface area (Å²) in [7, 11) is 0. The third-order valence-electron chi connectivity index (χ3n) is 7.94. The molecule has 0 N–H and O–H groups in total. The fourth-order valence-corrected chi connectivity index (χ4v) is 6.04. The zero-order chi connectivity index (χ0) is 42.8. The zero-order valence-electron chi connectivity index (χ0n) is 38.4. The van der Waals surface area contributed by atoms with Crippen molar-refractivity contribution in [2.45, 2.75) is 0 Å². The maximum Gasteiger partial charge on any atom is 0.136 e. The van der Waals surface area contributed by atoms with Gasteiger partial charge >= 0.3 is 0 Å². The van der Waals surface area contributed by atoms with E-state index in [0.29, 0.717) is 16.3 Å². The molecule has 0 atom stereocenters. The lowest BCUT2D eigenvalue weighted by Gasteiger charge is -2.18. The lowest BCUT2D eigenvalue weighted by molar-refractivity contribution is 0.669. The van der Waals surface area contributed by atoms with E-state index in [4.69, 9.17) is 16.8 Å². The second kappa shape index (κ2) is 10.4. The highest BCUT2D eigenvalue weighted by Gasteiger charge is 2.18. The van der Waals surface area contributed by atoms with Crippen LogP contribution in [-0.4, -0.2) is 0 Å². The van der Waals surface area contributed by atoms with E-state index in [1.165, 1.54) is 0 Å². The molecular weight excluding hydrogens is 544 g/mol. The molecule has 1 heteroatoms. The maximum atomic E-state index is 9.86. The molecular formula is C44H28O. The normalized spacial score (nSPS) is 16.2. The van der Waals surface area contributed by atoms with Crippen molar-refractivity contribution < 1.29 is 25.0 Å². The monoisotopic (exact) mass is 587 g/mol. The van der Waals surface area contributed by atoms with Crippen LogP contribution in [0.3, 0.4) is 0 Å². The van der Waals surface area contributed by atoms with Crippen molar-refractivity contribution in [3.05, 3.63) is 169 Å². The van der Waals surface area contributed by atoms with E-state index in [0.717, 1.165) is 21.9 Å². The lowest BCUT2D eigenvalue weighted by Crippen LogP contribution is -1.91. The Bertz CT molecular complexity index is 3290. The Morgan fingerprint density at radius 1 is 0.378 bits per heavy atom. The Labute approximate surface area is 282 Å². The Kier molecular flexibility index (Phi) is 3.39. The van der Waals surface area contributed by atoms with E-state index < -0.39 is 113 Å². The van der Waals surface area contributed by atoms with E-state index in [1.807, 2.05) is 78.9 Å². The fraction of sp³-hybridized carbons (Fsp3) is 0. The van der Waals surface area contributed by atoms with Crippen LogP contribution in [0.1, 0.15) is 20.6 Å². The molecule has 9 rings (SSSR count). The summed E-state index contributed by atoms with van der Waals surface area (Å²) >= 11 is 0. The third-order valence-corrected chi connectivity index (χ3v) is 7.94. The van der Waals surface area contributed by atoms with Crippen LogP contribution in [0.4, 0.5) is 0 Å². The summed E-state index contributed by atoms with van der Waals surface area (Å²) in [6.07, 6.45) is 0. The van der Waals surface area contributed by atoms with Crippen LogP contribution < -0.4 is 0 Å². The van der Waals surface area contributed by atoms with Crippen molar-refractivity contribution >= 4 is 43.5 Å². The third kappa shape index (κ3) is 4.17. The zero-order valence-corrected chi connectivity index (χ0v) is 23.4. The molecule has 0 amide bonds. The molecule has 1 nitrogen and oxygen atoms in total. The van der Waals surface area contributed by atoms with Crippen molar-refractivity contribution in [2.75, 3.05) is 0 Å². The van der Waals surface area contributed by atoms with Gasteiger partial charge in [0.15, 0.2) is 0 Å². The molecule has 0 saturated carbocycles. The SMILES string of the molecule is [2H]c1c([2H])c([2H])c(-c2c([2H])c([2H])c3c(oc4c([2H])c([2H])c([2H])c(-c5c([2H])c([2H])c([2H])c(-c6c7ccccc7c(-c7ccccc7)c7ccccc67)c5[2H])c43)c2[2H])c([2H])c1[2H]. The Hall–Kier alpha value is -5.92. The molecule has 0 aliphatic heterocycles. The summed E-state index contributed by atoms with van der Waals surface area (Å²) in [4.78, 5) is 0. The highest BCUT2D eigenvalue weighted by molar-refractivity contribution is 6.21. The fourth-order valence-electron chi connectivity index (χ4n) is 6.04. The molecule has 1 aromatic heterocycles. The highest BCUT2D eigenvalue weighted by atomic mass is 16.3. The Morgan fingerprint density at radius 2 is 0.978 bits per heavy atom. The van der Waals surface area contributed by atoms with Gasteiger partial charge in [0.1, 0.15) is 11.2 Å². The van der Waals surface area contributed by atoms with Gasteiger partial charge in [-0.1, -0.05) is 145 Å². The van der Waals surface area contributed by atoms with Gasteiger partial charge in [-0.05, 0) is 90.2 Å². The van der Waals surface area contributed by atoms with Gasteiger partial charge in [-0.3, -0.25) is 0 Å². The van der Waals surface area contributed by atoms with E-state index in [9.17, 15) is 8.22 Å².